The summed E-state index contributed by atoms with van der Waals surface area (Å²) in [6.07, 6.45) is 1.28. The lowest BCUT2D eigenvalue weighted by molar-refractivity contribution is -0.117. The molecule has 2 N–H and O–H groups in total. The molecule has 10 heteroatoms. The summed E-state index contributed by atoms with van der Waals surface area (Å²) >= 11 is 0. The number of carbonyl (C=O) groups is 2. The molecule has 2 heterocycles. The number of ether oxygens (including phenoxy) is 2. The van der Waals surface area contributed by atoms with Crippen LogP contribution in [0.15, 0.2) is 71.6 Å². The largest absolute Gasteiger partial charge is 0.486 e. The molecule has 35 heavy (non-hydrogen) atoms. The number of para-hydroxylation sites is 1. The van der Waals surface area contributed by atoms with Crippen molar-refractivity contribution in [2.45, 2.75) is 17.7 Å². The molecule has 0 bridgehead atoms. The molecular weight excluding hydrogens is 470 g/mol. The number of amides is 2. The molecule has 2 amide bonds. The van der Waals surface area contributed by atoms with Gasteiger partial charge in [0.05, 0.1) is 16.1 Å². The number of benzene rings is 3. The van der Waals surface area contributed by atoms with Gasteiger partial charge >= 0.3 is 0 Å². The smallest absolute Gasteiger partial charge is 0.261 e. The number of hydrogen-bond donors (Lipinski definition) is 2. The van der Waals surface area contributed by atoms with Crippen molar-refractivity contribution in [2.75, 3.05) is 34.7 Å². The highest BCUT2D eigenvalue weighted by Crippen LogP contribution is 2.33. The molecule has 0 unspecified atom stereocenters. The molecule has 1 saturated heterocycles. The van der Waals surface area contributed by atoms with Crippen LogP contribution in [0.4, 0.5) is 17.1 Å². The van der Waals surface area contributed by atoms with Crippen molar-refractivity contribution < 1.29 is 27.5 Å². The molecular formula is C25H23N3O6S. The molecule has 2 aliphatic rings. The van der Waals surface area contributed by atoms with E-state index in [0.29, 0.717) is 49.1 Å². The molecule has 9 nitrogen and oxygen atoms in total. The van der Waals surface area contributed by atoms with E-state index in [9.17, 15) is 18.0 Å². The van der Waals surface area contributed by atoms with Gasteiger partial charge in [-0.3, -0.25) is 14.3 Å². The number of fused-ring (bicyclic) bond motifs is 1. The van der Waals surface area contributed by atoms with Gasteiger partial charge in [-0.25, -0.2) is 8.42 Å². The molecule has 0 spiro atoms. The van der Waals surface area contributed by atoms with Gasteiger partial charge in [0.15, 0.2) is 11.5 Å². The lowest BCUT2D eigenvalue weighted by Gasteiger charge is -2.19. The van der Waals surface area contributed by atoms with Gasteiger partial charge in [0, 0.05) is 30.4 Å². The van der Waals surface area contributed by atoms with Crippen LogP contribution in [-0.2, 0) is 14.8 Å². The Morgan fingerprint density at radius 1 is 0.914 bits per heavy atom. The fourth-order valence-corrected chi connectivity index (χ4v) is 5.10. The van der Waals surface area contributed by atoms with Crippen LogP contribution in [0, 0.1) is 0 Å². The Morgan fingerprint density at radius 3 is 2.40 bits per heavy atom. The Balaban J connectivity index is 1.34. The van der Waals surface area contributed by atoms with Crippen LogP contribution in [0.5, 0.6) is 11.5 Å². The Hall–Kier alpha value is -4.05. The minimum atomic E-state index is -3.98. The monoisotopic (exact) mass is 493 g/mol. The van der Waals surface area contributed by atoms with Crippen molar-refractivity contribution in [3.05, 3.63) is 72.3 Å². The summed E-state index contributed by atoms with van der Waals surface area (Å²) in [5, 5.41) is 2.77. The fraction of sp³-hybridized carbons (Fsp3) is 0.200. The van der Waals surface area contributed by atoms with Crippen molar-refractivity contribution in [3.63, 3.8) is 0 Å². The van der Waals surface area contributed by atoms with Crippen LogP contribution < -0.4 is 24.4 Å². The molecule has 3 aromatic rings. The summed E-state index contributed by atoms with van der Waals surface area (Å²) < 4.78 is 39.6. The van der Waals surface area contributed by atoms with Crippen LogP contribution in [-0.4, -0.2) is 40.0 Å². The fourth-order valence-electron chi connectivity index (χ4n) is 4.02. The van der Waals surface area contributed by atoms with Crippen LogP contribution in [0.25, 0.3) is 0 Å². The SMILES string of the molecule is O=C(Nc1ccc2c(c1)OCCO2)c1ccccc1NS(=O)(=O)c1ccc(N2CCCC2=O)cc1. The lowest BCUT2D eigenvalue weighted by Crippen LogP contribution is -2.23. The predicted octanol–water partition coefficient (Wildman–Crippen LogP) is 3.64. The van der Waals surface area contributed by atoms with Crippen LogP contribution in [0.1, 0.15) is 23.2 Å². The standard InChI is InChI=1S/C25H23N3O6S/c29-24-6-3-13-28(24)18-8-10-19(11-9-18)35(31,32)27-21-5-2-1-4-20(21)25(30)26-17-7-12-22-23(16-17)34-15-14-33-22/h1-2,4-5,7-12,16,27H,3,6,13-15H2,(H,26,30). The number of sulfonamides is 1. The number of carbonyl (C=O) groups excluding carboxylic acids is 2. The molecule has 5 rings (SSSR count). The number of rotatable bonds is 6. The van der Waals surface area contributed by atoms with Gasteiger partial charge in [0.2, 0.25) is 5.91 Å². The Kier molecular flexibility index (Phi) is 6.04. The quantitative estimate of drug-likeness (QED) is 0.542. The minimum absolute atomic E-state index is 0.0231. The summed E-state index contributed by atoms with van der Waals surface area (Å²) in [5.41, 5.74) is 1.45. The van der Waals surface area contributed by atoms with Gasteiger partial charge in [-0.1, -0.05) is 12.1 Å². The first-order valence-corrected chi connectivity index (χ1v) is 12.6. The summed E-state index contributed by atoms with van der Waals surface area (Å²) in [7, 11) is -3.98. The van der Waals surface area contributed by atoms with E-state index in [1.807, 2.05) is 0 Å². The molecule has 0 saturated carbocycles. The van der Waals surface area contributed by atoms with E-state index in [2.05, 4.69) is 10.0 Å². The predicted molar refractivity (Wildman–Crippen MR) is 131 cm³/mol. The molecule has 1 fully saturated rings. The van der Waals surface area contributed by atoms with Crippen LogP contribution in [0.3, 0.4) is 0 Å². The number of nitrogens with zero attached hydrogens (tertiary/aromatic N) is 1. The van der Waals surface area contributed by atoms with Crippen molar-refractivity contribution >= 4 is 38.9 Å². The molecule has 0 aromatic heterocycles. The van der Waals surface area contributed by atoms with Crippen molar-refractivity contribution in [3.8, 4) is 11.5 Å². The number of nitrogens with one attached hydrogen (secondary N) is 2. The minimum Gasteiger partial charge on any atom is -0.486 e. The third-order valence-electron chi connectivity index (χ3n) is 5.75. The van der Waals surface area contributed by atoms with Gasteiger partial charge < -0.3 is 19.7 Å². The maximum absolute atomic E-state index is 13.0. The third kappa shape index (κ3) is 4.78. The van der Waals surface area contributed by atoms with Crippen molar-refractivity contribution in [1.29, 1.82) is 0 Å². The van der Waals surface area contributed by atoms with E-state index < -0.39 is 15.9 Å². The van der Waals surface area contributed by atoms with Gasteiger partial charge in [-0.15, -0.1) is 0 Å². The topological polar surface area (TPSA) is 114 Å². The van der Waals surface area contributed by atoms with Gasteiger partial charge in [-0.2, -0.15) is 0 Å². The first kappa shape index (κ1) is 22.7. The molecule has 0 atom stereocenters. The van der Waals surface area contributed by atoms with E-state index in [1.54, 1.807) is 47.4 Å². The van der Waals surface area contributed by atoms with Crippen molar-refractivity contribution in [2.24, 2.45) is 0 Å². The summed E-state index contributed by atoms with van der Waals surface area (Å²) in [4.78, 5) is 26.6. The van der Waals surface area contributed by atoms with Crippen LogP contribution >= 0.6 is 0 Å². The first-order chi connectivity index (χ1) is 16.9. The average Bonchev–Trinajstić information content (AvgIpc) is 3.30. The van der Waals surface area contributed by atoms with E-state index in [0.717, 1.165) is 6.42 Å². The van der Waals surface area contributed by atoms with E-state index in [-0.39, 0.29) is 22.1 Å². The highest BCUT2D eigenvalue weighted by atomic mass is 32.2. The second-order valence-corrected chi connectivity index (χ2v) is 9.79. The van der Waals surface area contributed by atoms with Gasteiger partial charge in [0.25, 0.3) is 15.9 Å². The van der Waals surface area contributed by atoms with E-state index >= 15 is 0 Å². The summed E-state index contributed by atoms with van der Waals surface area (Å²) in [6, 6.07) is 17.5. The molecule has 0 aliphatic carbocycles. The maximum Gasteiger partial charge on any atom is 0.261 e. The van der Waals surface area contributed by atoms with E-state index in [1.165, 1.54) is 24.3 Å². The number of anilines is 3. The van der Waals surface area contributed by atoms with Gasteiger partial charge in [-0.05, 0) is 55.0 Å². The zero-order valence-corrected chi connectivity index (χ0v) is 19.5. The summed E-state index contributed by atoms with van der Waals surface area (Å²) in [6.45, 7) is 1.50. The van der Waals surface area contributed by atoms with Gasteiger partial charge in [0.1, 0.15) is 13.2 Å². The summed E-state index contributed by atoms with van der Waals surface area (Å²) in [5.74, 6) is 0.671. The molecule has 180 valence electrons. The maximum atomic E-state index is 13.0. The highest BCUT2D eigenvalue weighted by Gasteiger charge is 2.23. The second-order valence-electron chi connectivity index (χ2n) is 8.11. The van der Waals surface area contributed by atoms with Crippen LogP contribution in [0.2, 0.25) is 0 Å². The number of hydrogen-bond acceptors (Lipinski definition) is 6. The molecule has 2 aliphatic heterocycles. The zero-order valence-electron chi connectivity index (χ0n) is 18.7. The van der Waals surface area contributed by atoms with Crippen molar-refractivity contribution in [1.82, 2.24) is 0 Å². The Morgan fingerprint density at radius 2 is 1.66 bits per heavy atom. The second kappa shape index (κ2) is 9.30. The highest BCUT2D eigenvalue weighted by molar-refractivity contribution is 7.92. The lowest BCUT2D eigenvalue weighted by atomic mass is 10.1. The Bertz CT molecular complexity index is 1390. The first-order valence-electron chi connectivity index (χ1n) is 11.1. The Labute approximate surface area is 202 Å². The van der Waals surface area contributed by atoms with E-state index in [4.69, 9.17) is 9.47 Å². The molecule has 3 aromatic carbocycles. The normalized spacial score (nSPS) is 15.1. The molecule has 0 radical (unpaired) electrons. The zero-order chi connectivity index (χ0) is 24.4. The third-order valence-corrected chi connectivity index (χ3v) is 7.13. The average molecular weight is 494 g/mol.